The van der Waals surface area contributed by atoms with Gasteiger partial charge in [0.05, 0.1) is 6.54 Å². The van der Waals surface area contributed by atoms with Crippen LogP contribution in [0, 0.1) is 6.92 Å². The predicted molar refractivity (Wildman–Crippen MR) is 73.0 cm³/mol. The highest BCUT2D eigenvalue weighted by atomic mass is 32.1. The van der Waals surface area contributed by atoms with E-state index < -0.39 is 0 Å². The molecule has 0 saturated heterocycles. The van der Waals surface area contributed by atoms with Crippen LogP contribution in [0.15, 0.2) is 35.7 Å². The summed E-state index contributed by atoms with van der Waals surface area (Å²) in [6.45, 7) is 2.34. The number of aryl methyl sites for hydroxylation is 1. The Morgan fingerprint density at radius 2 is 2.22 bits per heavy atom. The highest BCUT2D eigenvalue weighted by molar-refractivity contribution is 7.09. The maximum absolute atomic E-state index is 11.7. The fourth-order valence-corrected chi connectivity index (χ4v) is 2.18. The van der Waals surface area contributed by atoms with E-state index in [0.29, 0.717) is 12.2 Å². The van der Waals surface area contributed by atoms with E-state index in [2.05, 4.69) is 10.6 Å². The third kappa shape index (κ3) is 3.24. The number of amides is 2. The highest BCUT2D eigenvalue weighted by Gasteiger charge is 2.05. The lowest BCUT2D eigenvalue weighted by Crippen LogP contribution is -2.28. The Bertz CT molecular complexity index is 538. The summed E-state index contributed by atoms with van der Waals surface area (Å²) in [5, 5.41) is 16.8. The van der Waals surface area contributed by atoms with Gasteiger partial charge in [0.25, 0.3) is 0 Å². The number of hydrogen-bond donors (Lipinski definition) is 3. The largest absolute Gasteiger partial charge is 0.508 e. The van der Waals surface area contributed by atoms with Crippen molar-refractivity contribution in [3.05, 3.63) is 46.2 Å². The molecule has 0 aliphatic rings. The van der Waals surface area contributed by atoms with Crippen LogP contribution in [0.3, 0.4) is 0 Å². The number of anilines is 1. The Labute approximate surface area is 109 Å². The monoisotopic (exact) mass is 262 g/mol. The molecule has 0 unspecified atom stereocenters. The maximum atomic E-state index is 11.7. The minimum absolute atomic E-state index is 0.192. The molecular weight excluding hydrogens is 248 g/mol. The number of phenolic OH excluding ortho intramolecular Hbond substituents is 1. The van der Waals surface area contributed by atoms with Crippen LogP contribution in [-0.4, -0.2) is 11.1 Å². The molecule has 2 amide bonds. The van der Waals surface area contributed by atoms with Crippen molar-refractivity contribution in [3.8, 4) is 5.75 Å². The minimum Gasteiger partial charge on any atom is -0.508 e. The zero-order valence-corrected chi connectivity index (χ0v) is 10.8. The molecule has 0 spiro atoms. The molecule has 5 heteroatoms. The molecule has 0 radical (unpaired) electrons. The SMILES string of the molecule is Cc1cc(O)ccc1NC(=O)NCc1cccs1. The Hall–Kier alpha value is -2.01. The summed E-state index contributed by atoms with van der Waals surface area (Å²) in [7, 11) is 0. The van der Waals surface area contributed by atoms with Crippen molar-refractivity contribution in [2.45, 2.75) is 13.5 Å². The van der Waals surface area contributed by atoms with E-state index >= 15 is 0 Å². The topological polar surface area (TPSA) is 61.4 Å². The van der Waals surface area contributed by atoms with Crippen molar-refractivity contribution in [1.29, 1.82) is 0 Å². The van der Waals surface area contributed by atoms with Gasteiger partial charge in [0.2, 0.25) is 0 Å². The standard InChI is InChI=1S/C13H14N2O2S/c1-9-7-10(16)4-5-12(9)15-13(17)14-8-11-3-2-6-18-11/h2-7,16H,8H2,1H3,(H2,14,15,17). The Kier molecular flexibility index (Phi) is 3.84. The number of benzene rings is 1. The van der Waals surface area contributed by atoms with Crippen molar-refractivity contribution >= 4 is 23.1 Å². The maximum Gasteiger partial charge on any atom is 0.319 e. The van der Waals surface area contributed by atoms with Crippen LogP contribution in [0.2, 0.25) is 0 Å². The summed E-state index contributed by atoms with van der Waals surface area (Å²) >= 11 is 1.60. The molecule has 1 heterocycles. The average Bonchev–Trinajstić information content (AvgIpc) is 2.83. The third-order valence-corrected chi connectivity index (χ3v) is 3.34. The molecule has 3 N–H and O–H groups in total. The van der Waals surface area contributed by atoms with Gasteiger partial charge in [0, 0.05) is 10.6 Å². The number of hydrogen-bond acceptors (Lipinski definition) is 3. The zero-order valence-electron chi connectivity index (χ0n) is 9.93. The quantitative estimate of drug-likeness (QED) is 0.744. The summed E-state index contributed by atoms with van der Waals surface area (Å²) in [5.41, 5.74) is 1.51. The second kappa shape index (κ2) is 5.55. The predicted octanol–water partition coefficient (Wildman–Crippen LogP) is 3.08. The average molecular weight is 262 g/mol. The van der Waals surface area contributed by atoms with Crippen molar-refractivity contribution in [1.82, 2.24) is 5.32 Å². The van der Waals surface area contributed by atoms with Crippen LogP contribution in [-0.2, 0) is 6.54 Å². The number of carbonyl (C=O) groups is 1. The molecule has 0 aliphatic carbocycles. The van der Waals surface area contributed by atoms with Gasteiger partial charge in [-0.15, -0.1) is 11.3 Å². The first-order chi connectivity index (χ1) is 8.65. The van der Waals surface area contributed by atoms with E-state index in [-0.39, 0.29) is 11.8 Å². The second-order valence-electron chi connectivity index (χ2n) is 3.89. The van der Waals surface area contributed by atoms with Gasteiger partial charge in [-0.25, -0.2) is 4.79 Å². The van der Waals surface area contributed by atoms with Crippen molar-refractivity contribution < 1.29 is 9.90 Å². The van der Waals surface area contributed by atoms with Gasteiger partial charge in [-0.05, 0) is 42.1 Å². The lowest BCUT2D eigenvalue weighted by atomic mass is 10.2. The summed E-state index contributed by atoms with van der Waals surface area (Å²) < 4.78 is 0. The molecule has 0 atom stereocenters. The zero-order chi connectivity index (χ0) is 13.0. The molecule has 18 heavy (non-hydrogen) atoms. The van der Waals surface area contributed by atoms with Gasteiger partial charge >= 0.3 is 6.03 Å². The minimum atomic E-state index is -0.253. The van der Waals surface area contributed by atoms with Crippen LogP contribution in [0.25, 0.3) is 0 Å². The third-order valence-electron chi connectivity index (χ3n) is 2.46. The molecular formula is C13H14N2O2S. The number of rotatable bonds is 3. The summed E-state index contributed by atoms with van der Waals surface area (Å²) in [6, 6.07) is 8.49. The fourth-order valence-electron chi connectivity index (χ4n) is 1.54. The van der Waals surface area contributed by atoms with Gasteiger partial charge in [-0.2, -0.15) is 0 Å². The van der Waals surface area contributed by atoms with Gasteiger partial charge < -0.3 is 15.7 Å². The van der Waals surface area contributed by atoms with Gasteiger partial charge in [-0.3, -0.25) is 0 Å². The normalized spacial score (nSPS) is 10.1. The smallest absolute Gasteiger partial charge is 0.319 e. The first-order valence-corrected chi connectivity index (χ1v) is 6.40. The van der Waals surface area contributed by atoms with Crippen LogP contribution in [0.1, 0.15) is 10.4 Å². The summed E-state index contributed by atoms with van der Waals surface area (Å²) in [5.74, 6) is 0.192. The molecule has 94 valence electrons. The number of thiophene rings is 1. The van der Waals surface area contributed by atoms with Gasteiger partial charge in [0.1, 0.15) is 5.75 Å². The molecule has 2 rings (SSSR count). The van der Waals surface area contributed by atoms with E-state index in [4.69, 9.17) is 0 Å². The van der Waals surface area contributed by atoms with E-state index in [1.54, 1.807) is 29.5 Å². The molecule has 0 bridgehead atoms. The van der Waals surface area contributed by atoms with Gasteiger partial charge in [-0.1, -0.05) is 6.07 Å². The molecule has 0 fully saturated rings. The number of aromatic hydroxyl groups is 1. The Morgan fingerprint density at radius 1 is 1.39 bits per heavy atom. The molecule has 1 aromatic carbocycles. The van der Waals surface area contributed by atoms with Crippen molar-refractivity contribution in [3.63, 3.8) is 0 Å². The molecule has 4 nitrogen and oxygen atoms in total. The van der Waals surface area contributed by atoms with Crippen LogP contribution >= 0.6 is 11.3 Å². The number of phenols is 1. The lowest BCUT2D eigenvalue weighted by molar-refractivity contribution is 0.252. The number of urea groups is 1. The molecule has 0 aliphatic heterocycles. The summed E-state index contributed by atoms with van der Waals surface area (Å²) in [4.78, 5) is 12.8. The Balaban J connectivity index is 1.91. The summed E-state index contributed by atoms with van der Waals surface area (Å²) in [6.07, 6.45) is 0. The highest BCUT2D eigenvalue weighted by Crippen LogP contribution is 2.19. The second-order valence-corrected chi connectivity index (χ2v) is 4.92. The van der Waals surface area contributed by atoms with E-state index in [9.17, 15) is 9.90 Å². The van der Waals surface area contributed by atoms with Crippen molar-refractivity contribution in [2.24, 2.45) is 0 Å². The van der Waals surface area contributed by atoms with Crippen molar-refractivity contribution in [2.75, 3.05) is 5.32 Å². The number of nitrogens with one attached hydrogen (secondary N) is 2. The number of carbonyl (C=O) groups excluding carboxylic acids is 1. The van der Waals surface area contributed by atoms with E-state index in [0.717, 1.165) is 10.4 Å². The first-order valence-electron chi connectivity index (χ1n) is 5.52. The fraction of sp³-hybridized carbons (Fsp3) is 0.154. The first kappa shape index (κ1) is 12.4. The van der Waals surface area contributed by atoms with E-state index in [1.807, 2.05) is 24.4 Å². The van der Waals surface area contributed by atoms with Gasteiger partial charge in [0.15, 0.2) is 0 Å². The van der Waals surface area contributed by atoms with E-state index in [1.165, 1.54) is 0 Å². The molecule has 0 saturated carbocycles. The van der Waals surface area contributed by atoms with Crippen LogP contribution in [0.5, 0.6) is 5.75 Å². The molecule has 1 aromatic heterocycles. The Morgan fingerprint density at radius 3 is 2.89 bits per heavy atom. The molecule has 2 aromatic rings. The van der Waals surface area contributed by atoms with Crippen LogP contribution in [0.4, 0.5) is 10.5 Å². The van der Waals surface area contributed by atoms with Crippen LogP contribution < -0.4 is 10.6 Å². The lowest BCUT2D eigenvalue weighted by Gasteiger charge is -2.09.